The summed E-state index contributed by atoms with van der Waals surface area (Å²) >= 11 is 2.54. The minimum atomic E-state index is -4.27. The molecule has 1 aromatic rings. The molecule has 1 aromatic heterocycles. The zero-order chi connectivity index (χ0) is 17.7. The van der Waals surface area contributed by atoms with Crippen molar-refractivity contribution in [1.82, 2.24) is 15.2 Å². The molecule has 2 heterocycles. The van der Waals surface area contributed by atoms with Crippen molar-refractivity contribution in [2.75, 3.05) is 25.4 Å². The van der Waals surface area contributed by atoms with Gasteiger partial charge >= 0.3 is 12.1 Å². The Morgan fingerprint density at radius 1 is 1.54 bits per heavy atom. The summed E-state index contributed by atoms with van der Waals surface area (Å²) in [6, 6.07) is -0.244. The van der Waals surface area contributed by atoms with E-state index >= 15 is 0 Å². The number of aromatic nitrogens is 1. The van der Waals surface area contributed by atoms with Crippen LogP contribution in [0.1, 0.15) is 23.3 Å². The van der Waals surface area contributed by atoms with E-state index in [4.69, 9.17) is 5.11 Å². The number of carboxylic acids is 1. The second-order valence-corrected chi connectivity index (χ2v) is 7.38. The van der Waals surface area contributed by atoms with Crippen molar-refractivity contribution < 1.29 is 27.9 Å². The van der Waals surface area contributed by atoms with Crippen LogP contribution in [0.3, 0.4) is 0 Å². The molecule has 11 heteroatoms. The number of likely N-dealkylation sites (tertiary alicyclic amines) is 1. The van der Waals surface area contributed by atoms with Gasteiger partial charge in [-0.25, -0.2) is 9.78 Å². The minimum Gasteiger partial charge on any atom is -0.476 e. The van der Waals surface area contributed by atoms with Crippen molar-refractivity contribution in [3.8, 4) is 0 Å². The van der Waals surface area contributed by atoms with Gasteiger partial charge in [0.15, 0.2) is 10.0 Å². The molecule has 1 fully saturated rings. The number of thiazole rings is 1. The topological polar surface area (TPSA) is 82.5 Å². The summed E-state index contributed by atoms with van der Waals surface area (Å²) in [6.07, 6.45) is -3.39. The number of aromatic carboxylic acids is 1. The molecule has 134 valence electrons. The van der Waals surface area contributed by atoms with E-state index in [0.29, 0.717) is 29.5 Å². The summed E-state index contributed by atoms with van der Waals surface area (Å²) in [5.41, 5.74) is -0.0195. The van der Waals surface area contributed by atoms with E-state index in [1.165, 1.54) is 28.5 Å². The van der Waals surface area contributed by atoms with Crippen molar-refractivity contribution >= 4 is 35.0 Å². The molecule has 1 aliphatic heterocycles. The molecule has 0 aliphatic carbocycles. The number of nitrogens with one attached hydrogen (secondary N) is 1. The van der Waals surface area contributed by atoms with Crippen LogP contribution in [-0.4, -0.2) is 64.5 Å². The summed E-state index contributed by atoms with van der Waals surface area (Å²) in [7, 11) is 0. The number of amides is 1. The Hall–Kier alpha value is -1.33. The second kappa shape index (κ2) is 8.17. The summed E-state index contributed by atoms with van der Waals surface area (Å²) in [6.45, 7) is -0.572. The molecule has 1 aliphatic rings. The number of nitrogens with zero attached hydrogens (tertiary/aromatic N) is 2. The van der Waals surface area contributed by atoms with Crippen molar-refractivity contribution in [1.29, 1.82) is 0 Å². The van der Waals surface area contributed by atoms with Gasteiger partial charge in [-0.15, -0.1) is 11.3 Å². The molecular formula is C13H16F3N3O3S2. The number of thioether (sulfide) groups is 1. The van der Waals surface area contributed by atoms with Gasteiger partial charge in [-0.1, -0.05) is 11.8 Å². The molecule has 0 spiro atoms. The summed E-state index contributed by atoms with van der Waals surface area (Å²) in [5, 5.41) is 12.6. The Morgan fingerprint density at radius 2 is 2.29 bits per heavy atom. The SMILES string of the molecule is O=C(O)c1csc(SCCN2C(=O)CCC2CNCC(F)(F)F)n1. The largest absolute Gasteiger partial charge is 0.476 e. The van der Waals surface area contributed by atoms with Gasteiger partial charge < -0.3 is 15.3 Å². The molecule has 0 aromatic carbocycles. The number of hydrogen-bond acceptors (Lipinski definition) is 6. The first-order valence-corrected chi connectivity index (χ1v) is 9.01. The number of carboxylic acid groups (broad SMARTS) is 1. The van der Waals surface area contributed by atoms with Crippen LogP contribution in [-0.2, 0) is 4.79 Å². The van der Waals surface area contributed by atoms with Gasteiger partial charge in [-0.3, -0.25) is 4.79 Å². The quantitative estimate of drug-likeness (QED) is 0.669. The first-order valence-electron chi connectivity index (χ1n) is 7.15. The lowest BCUT2D eigenvalue weighted by Gasteiger charge is -2.25. The smallest absolute Gasteiger partial charge is 0.401 e. The van der Waals surface area contributed by atoms with Crippen LogP contribution in [0.5, 0.6) is 0 Å². The molecule has 1 saturated heterocycles. The van der Waals surface area contributed by atoms with Crippen LogP contribution in [0.15, 0.2) is 9.72 Å². The van der Waals surface area contributed by atoms with Crippen molar-refractivity contribution in [2.24, 2.45) is 0 Å². The van der Waals surface area contributed by atoms with E-state index in [2.05, 4.69) is 10.3 Å². The summed E-state index contributed by atoms with van der Waals surface area (Å²) in [5.74, 6) is -0.656. The number of carbonyl (C=O) groups excluding carboxylic acids is 1. The zero-order valence-electron chi connectivity index (χ0n) is 12.5. The normalized spacial score (nSPS) is 18.4. The van der Waals surface area contributed by atoms with E-state index in [-0.39, 0.29) is 24.2 Å². The molecule has 2 N–H and O–H groups in total. The Kier molecular flexibility index (Phi) is 6.47. The van der Waals surface area contributed by atoms with Crippen LogP contribution < -0.4 is 5.32 Å². The fourth-order valence-electron chi connectivity index (χ4n) is 2.35. The lowest BCUT2D eigenvalue weighted by molar-refractivity contribution is -0.129. The van der Waals surface area contributed by atoms with Crippen molar-refractivity contribution in [3.05, 3.63) is 11.1 Å². The number of hydrogen-bond donors (Lipinski definition) is 2. The Morgan fingerprint density at radius 3 is 2.92 bits per heavy atom. The monoisotopic (exact) mass is 383 g/mol. The standard InChI is InChI=1S/C13H16F3N3O3S2/c14-13(15,16)7-17-5-8-1-2-10(20)19(8)3-4-23-12-18-9(6-24-12)11(21)22/h6,8,17H,1-5,7H2,(H,21,22). The van der Waals surface area contributed by atoms with Gasteiger partial charge in [0.2, 0.25) is 5.91 Å². The summed E-state index contributed by atoms with van der Waals surface area (Å²) < 4.78 is 37.1. The molecule has 0 radical (unpaired) electrons. The lowest BCUT2D eigenvalue weighted by atomic mass is 10.2. The van der Waals surface area contributed by atoms with Crippen LogP contribution in [0.2, 0.25) is 0 Å². The molecule has 1 atom stereocenters. The minimum absolute atomic E-state index is 0.0195. The number of carbonyl (C=O) groups is 2. The molecule has 24 heavy (non-hydrogen) atoms. The van der Waals surface area contributed by atoms with Crippen LogP contribution in [0, 0.1) is 0 Å². The van der Waals surface area contributed by atoms with E-state index in [1.54, 1.807) is 4.90 Å². The second-order valence-electron chi connectivity index (χ2n) is 5.18. The zero-order valence-corrected chi connectivity index (χ0v) is 14.1. The van der Waals surface area contributed by atoms with Gasteiger partial charge in [-0.05, 0) is 6.42 Å². The molecule has 0 saturated carbocycles. The summed E-state index contributed by atoms with van der Waals surface area (Å²) in [4.78, 5) is 28.1. The maximum Gasteiger partial charge on any atom is 0.401 e. The van der Waals surface area contributed by atoms with Crippen molar-refractivity contribution in [3.63, 3.8) is 0 Å². The Labute approximate surface area is 144 Å². The number of rotatable bonds is 8. The number of halogens is 3. The average Bonchev–Trinajstić information content (AvgIpc) is 3.07. The Balaban J connectivity index is 1.78. The third-order valence-electron chi connectivity index (χ3n) is 3.42. The van der Waals surface area contributed by atoms with E-state index in [0.717, 1.165) is 0 Å². The van der Waals surface area contributed by atoms with Gasteiger partial charge in [0, 0.05) is 36.7 Å². The maximum atomic E-state index is 12.2. The van der Waals surface area contributed by atoms with Crippen LogP contribution in [0.25, 0.3) is 0 Å². The highest BCUT2D eigenvalue weighted by molar-refractivity contribution is 8.01. The van der Waals surface area contributed by atoms with Gasteiger partial charge in [0.1, 0.15) is 0 Å². The van der Waals surface area contributed by atoms with Crippen LogP contribution >= 0.6 is 23.1 Å². The maximum absolute atomic E-state index is 12.2. The highest BCUT2D eigenvalue weighted by Crippen LogP contribution is 2.25. The van der Waals surface area contributed by atoms with E-state index < -0.39 is 18.7 Å². The average molecular weight is 383 g/mol. The molecule has 0 bridgehead atoms. The fourth-order valence-corrected chi connectivity index (χ4v) is 4.16. The van der Waals surface area contributed by atoms with Crippen LogP contribution in [0.4, 0.5) is 13.2 Å². The molecule has 1 unspecified atom stereocenters. The fraction of sp³-hybridized carbons (Fsp3) is 0.615. The predicted octanol–water partition coefficient (Wildman–Crippen LogP) is 2.08. The predicted molar refractivity (Wildman–Crippen MR) is 83.5 cm³/mol. The van der Waals surface area contributed by atoms with Gasteiger partial charge in [0.25, 0.3) is 0 Å². The van der Waals surface area contributed by atoms with Crippen molar-refractivity contribution in [2.45, 2.75) is 29.4 Å². The Bertz CT molecular complexity index is 595. The molecule has 2 rings (SSSR count). The third kappa shape index (κ3) is 5.64. The van der Waals surface area contributed by atoms with Gasteiger partial charge in [-0.2, -0.15) is 13.2 Å². The number of alkyl halides is 3. The molecule has 6 nitrogen and oxygen atoms in total. The van der Waals surface area contributed by atoms with E-state index in [1.807, 2.05) is 0 Å². The molecular weight excluding hydrogens is 367 g/mol. The van der Waals surface area contributed by atoms with Gasteiger partial charge in [0.05, 0.1) is 6.54 Å². The lowest BCUT2D eigenvalue weighted by Crippen LogP contribution is -2.43. The third-order valence-corrected chi connectivity index (χ3v) is 5.42. The first kappa shape index (κ1) is 19.0. The highest BCUT2D eigenvalue weighted by atomic mass is 32.2. The first-order chi connectivity index (χ1) is 11.3. The highest BCUT2D eigenvalue weighted by Gasteiger charge is 2.32. The molecule has 1 amide bonds. The van der Waals surface area contributed by atoms with E-state index in [9.17, 15) is 22.8 Å².